The van der Waals surface area contributed by atoms with E-state index in [-0.39, 0.29) is 5.91 Å². The van der Waals surface area contributed by atoms with Crippen molar-refractivity contribution in [2.75, 3.05) is 12.9 Å². The number of hydrogen-bond acceptors (Lipinski definition) is 5. The van der Waals surface area contributed by atoms with Crippen molar-refractivity contribution in [3.05, 3.63) is 53.2 Å². The maximum atomic E-state index is 11.9. The van der Waals surface area contributed by atoms with Crippen LogP contribution < -0.4 is 10.1 Å². The molecule has 0 bridgehead atoms. The highest BCUT2D eigenvalue weighted by Crippen LogP contribution is 2.19. The first-order valence-electron chi connectivity index (χ1n) is 7.52. The van der Waals surface area contributed by atoms with Crippen molar-refractivity contribution < 1.29 is 9.53 Å². The normalized spacial score (nSPS) is 10.0. The van der Waals surface area contributed by atoms with E-state index in [4.69, 9.17) is 10.00 Å². The molecule has 1 aromatic heterocycles. The Morgan fingerprint density at radius 2 is 2.04 bits per heavy atom. The number of nitrogens with zero attached hydrogens (tertiary/aromatic N) is 2. The molecule has 0 aliphatic carbocycles. The topological polar surface area (TPSA) is 75.0 Å². The number of aryl methyl sites for hydroxylation is 1. The van der Waals surface area contributed by atoms with Crippen LogP contribution in [0, 0.1) is 18.3 Å². The van der Waals surface area contributed by atoms with Crippen LogP contribution in [0.1, 0.15) is 23.2 Å². The number of aromatic nitrogens is 1. The molecule has 1 heterocycles. The lowest BCUT2D eigenvalue weighted by atomic mass is 10.2. The zero-order valence-electron chi connectivity index (χ0n) is 13.7. The van der Waals surface area contributed by atoms with Crippen molar-refractivity contribution in [1.29, 1.82) is 5.26 Å². The second-order valence-electron chi connectivity index (χ2n) is 5.13. The molecule has 0 aliphatic rings. The van der Waals surface area contributed by atoms with Gasteiger partial charge in [-0.2, -0.15) is 5.26 Å². The molecule has 24 heavy (non-hydrogen) atoms. The molecule has 2 aromatic rings. The molecule has 0 unspecified atom stereocenters. The molecule has 2 rings (SSSR count). The summed E-state index contributed by atoms with van der Waals surface area (Å²) in [5, 5.41) is 11.6. The van der Waals surface area contributed by atoms with Crippen LogP contribution >= 0.6 is 11.8 Å². The lowest BCUT2D eigenvalue weighted by molar-refractivity contribution is -0.120. The molecule has 5 nitrogen and oxygen atoms in total. The van der Waals surface area contributed by atoms with Crippen molar-refractivity contribution in [2.45, 2.75) is 24.8 Å². The number of amides is 1. The van der Waals surface area contributed by atoms with Gasteiger partial charge in [-0.05, 0) is 37.3 Å². The van der Waals surface area contributed by atoms with Crippen LogP contribution in [0.2, 0.25) is 0 Å². The lowest BCUT2D eigenvalue weighted by Crippen LogP contribution is -2.23. The average Bonchev–Trinajstić information content (AvgIpc) is 2.61. The second kappa shape index (κ2) is 8.94. The third-order valence-corrected chi connectivity index (χ3v) is 4.34. The number of carbonyl (C=O) groups excluding carboxylic acids is 1. The summed E-state index contributed by atoms with van der Waals surface area (Å²) in [4.78, 5) is 17.3. The smallest absolute Gasteiger partial charge is 0.221 e. The largest absolute Gasteiger partial charge is 0.481 e. The molecular weight excluding hydrogens is 322 g/mol. The summed E-state index contributed by atoms with van der Waals surface area (Å²) < 4.78 is 5.23. The number of rotatable bonds is 7. The standard InChI is InChI=1S/C18H19N3O2S/c1-13-3-6-15(18(21-13)23-2)12-20-17(22)9-10-24-16-7-4-14(11-19)5-8-16/h3-8H,9-10,12H2,1-2H3,(H,20,22). The molecule has 124 valence electrons. The molecule has 0 atom stereocenters. The molecule has 0 saturated heterocycles. The number of nitrogens with one attached hydrogen (secondary N) is 1. The van der Waals surface area contributed by atoms with E-state index < -0.39 is 0 Å². The quantitative estimate of drug-likeness (QED) is 0.783. The summed E-state index contributed by atoms with van der Waals surface area (Å²) in [5.41, 5.74) is 2.37. The van der Waals surface area contributed by atoms with Gasteiger partial charge in [0.15, 0.2) is 0 Å². The average molecular weight is 341 g/mol. The van der Waals surface area contributed by atoms with Crippen molar-refractivity contribution in [1.82, 2.24) is 10.3 Å². The van der Waals surface area contributed by atoms with Crippen LogP contribution in [0.15, 0.2) is 41.3 Å². The van der Waals surface area contributed by atoms with E-state index in [9.17, 15) is 4.79 Å². The highest BCUT2D eigenvalue weighted by molar-refractivity contribution is 7.99. The van der Waals surface area contributed by atoms with E-state index in [0.717, 1.165) is 16.2 Å². The number of methoxy groups -OCH3 is 1. The highest BCUT2D eigenvalue weighted by atomic mass is 32.2. The van der Waals surface area contributed by atoms with E-state index in [2.05, 4.69) is 16.4 Å². The van der Waals surface area contributed by atoms with Crippen molar-refractivity contribution >= 4 is 17.7 Å². The van der Waals surface area contributed by atoms with E-state index in [1.165, 1.54) is 0 Å². The third-order valence-electron chi connectivity index (χ3n) is 3.33. The number of hydrogen-bond donors (Lipinski definition) is 1. The van der Waals surface area contributed by atoms with Crippen LogP contribution in [0.25, 0.3) is 0 Å². The third kappa shape index (κ3) is 5.28. The van der Waals surface area contributed by atoms with E-state index in [1.54, 1.807) is 31.0 Å². The highest BCUT2D eigenvalue weighted by Gasteiger charge is 2.07. The Labute approximate surface area is 146 Å². The van der Waals surface area contributed by atoms with E-state index >= 15 is 0 Å². The summed E-state index contributed by atoms with van der Waals surface area (Å²) in [6.45, 7) is 2.29. The Kier molecular flexibility index (Phi) is 6.64. The Morgan fingerprint density at radius 1 is 1.29 bits per heavy atom. The molecular formula is C18H19N3O2S. The summed E-state index contributed by atoms with van der Waals surface area (Å²) >= 11 is 1.59. The van der Waals surface area contributed by atoms with Gasteiger partial charge in [-0.3, -0.25) is 4.79 Å². The number of thioether (sulfide) groups is 1. The first-order valence-corrected chi connectivity index (χ1v) is 8.51. The van der Waals surface area contributed by atoms with Gasteiger partial charge in [0.1, 0.15) is 0 Å². The molecule has 0 aliphatic heterocycles. The number of ether oxygens (including phenoxy) is 1. The fourth-order valence-corrected chi connectivity index (χ4v) is 2.89. The van der Waals surface area contributed by atoms with Crippen LogP contribution in [-0.4, -0.2) is 23.8 Å². The fraction of sp³-hybridized carbons (Fsp3) is 0.278. The van der Waals surface area contributed by atoms with Crippen LogP contribution in [0.4, 0.5) is 0 Å². The molecule has 1 N–H and O–H groups in total. The van der Waals surface area contributed by atoms with Gasteiger partial charge in [-0.15, -0.1) is 11.8 Å². The van der Waals surface area contributed by atoms with Crippen molar-refractivity contribution in [2.24, 2.45) is 0 Å². The fourth-order valence-electron chi connectivity index (χ4n) is 2.04. The van der Waals surface area contributed by atoms with Gasteiger partial charge in [0.05, 0.1) is 18.7 Å². The predicted molar refractivity (Wildman–Crippen MR) is 93.9 cm³/mol. The van der Waals surface area contributed by atoms with Gasteiger partial charge in [0.25, 0.3) is 0 Å². The van der Waals surface area contributed by atoms with Crippen LogP contribution in [-0.2, 0) is 11.3 Å². The molecule has 6 heteroatoms. The minimum atomic E-state index is -0.0150. The Morgan fingerprint density at radius 3 is 2.71 bits per heavy atom. The lowest BCUT2D eigenvalue weighted by Gasteiger charge is -2.09. The monoisotopic (exact) mass is 341 g/mol. The first-order chi connectivity index (χ1) is 11.6. The minimum absolute atomic E-state index is 0.0150. The zero-order chi connectivity index (χ0) is 17.4. The zero-order valence-corrected chi connectivity index (χ0v) is 14.5. The Hall–Kier alpha value is -2.52. The van der Waals surface area contributed by atoms with Crippen LogP contribution in [0.3, 0.4) is 0 Å². The van der Waals surface area contributed by atoms with Gasteiger partial charge < -0.3 is 10.1 Å². The molecule has 1 aromatic carbocycles. The number of pyridine rings is 1. The Bertz CT molecular complexity index is 739. The maximum Gasteiger partial charge on any atom is 0.221 e. The molecule has 0 spiro atoms. The number of nitriles is 1. The van der Waals surface area contributed by atoms with Gasteiger partial charge >= 0.3 is 0 Å². The molecule has 0 fully saturated rings. The summed E-state index contributed by atoms with van der Waals surface area (Å²) in [5.74, 6) is 1.21. The number of carbonyl (C=O) groups is 1. The maximum absolute atomic E-state index is 11.9. The summed E-state index contributed by atoms with van der Waals surface area (Å²) in [6, 6.07) is 13.2. The van der Waals surface area contributed by atoms with Crippen LogP contribution in [0.5, 0.6) is 5.88 Å². The van der Waals surface area contributed by atoms with E-state index in [1.807, 2.05) is 31.2 Å². The van der Waals surface area contributed by atoms with Crippen molar-refractivity contribution in [3.8, 4) is 11.9 Å². The number of benzene rings is 1. The predicted octanol–water partition coefficient (Wildman–Crippen LogP) is 3.07. The second-order valence-corrected chi connectivity index (χ2v) is 6.30. The molecule has 0 saturated carbocycles. The van der Waals surface area contributed by atoms with Gasteiger partial charge in [-0.25, -0.2) is 4.98 Å². The Balaban J connectivity index is 1.76. The molecule has 0 radical (unpaired) electrons. The summed E-state index contributed by atoms with van der Waals surface area (Å²) in [7, 11) is 1.57. The first kappa shape index (κ1) is 17.8. The molecule has 1 amide bonds. The minimum Gasteiger partial charge on any atom is -0.481 e. The van der Waals surface area contributed by atoms with Gasteiger partial charge in [0, 0.05) is 34.9 Å². The SMILES string of the molecule is COc1nc(C)ccc1CNC(=O)CCSc1ccc(C#N)cc1. The van der Waals surface area contributed by atoms with Gasteiger partial charge in [0.2, 0.25) is 11.8 Å². The van der Waals surface area contributed by atoms with E-state index in [0.29, 0.717) is 30.2 Å². The summed E-state index contributed by atoms with van der Waals surface area (Å²) in [6.07, 6.45) is 0.423. The van der Waals surface area contributed by atoms with Gasteiger partial charge in [-0.1, -0.05) is 6.07 Å². The van der Waals surface area contributed by atoms with Crippen molar-refractivity contribution in [3.63, 3.8) is 0 Å².